The maximum absolute atomic E-state index is 6.10. The van der Waals surface area contributed by atoms with Crippen LogP contribution in [0.15, 0.2) is 150 Å². The van der Waals surface area contributed by atoms with Gasteiger partial charge in [-0.15, -0.1) is 0 Å². The van der Waals surface area contributed by atoms with Crippen LogP contribution >= 0.6 is 23.2 Å². The van der Waals surface area contributed by atoms with E-state index in [4.69, 9.17) is 11.5 Å². The zero-order valence-electron chi connectivity index (χ0n) is 21.4. The van der Waals surface area contributed by atoms with E-state index >= 15 is 0 Å². The summed E-state index contributed by atoms with van der Waals surface area (Å²) in [6, 6.07) is 50.4. The average molecular weight is 530 g/mol. The molecule has 0 atom stereocenters. The van der Waals surface area contributed by atoms with Crippen LogP contribution in [0.5, 0.6) is 0 Å². The van der Waals surface area contributed by atoms with Gasteiger partial charge in [0.2, 0.25) is 0 Å². The van der Waals surface area contributed by atoms with E-state index in [0.717, 1.165) is 22.9 Å². The predicted molar refractivity (Wildman–Crippen MR) is 174 cm³/mol. The largest absolute Gasteiger partial charge is 0.398 e. The van der Waals surface area contributed by atoms with Crippen molar-refractivity contribution < 1.29 is 0 Å². The van der Waals surface area contributed by atoms with Crippen LogP contribution in [0.3, 0.4) is 0 Å². The molecule has 0 aliphatic carbocycles. The molecule has 5 aromatic carbocycles. The van der Waals surface area contributed by atoms with E-state index in [1.54, 1.807) is 11.6 Å². The summed E-state index contributed by atoms with van der Waals surface area (Å²) in [5.41, 5.74) is 17.8. The second-order valence-corrected chi connectivity index (χ2v) is 11.1. The molecule has 0 aromatic heterocycles. The quantitative estimate of drug-likeness (QED) is 0.215. The van der Waals surface area contributed by atoms with Crippen LogP contribution in [0.2, 0.25) is 0 Å². The van der Waals surface area contributed by atoms with Crippen LogP contribution in [-0.2, 0) is 0 Å². The van der Waals surface area contributed by atoms with Crippen molar-refractivity contribution in [3.8, 4) is 0 Å². The molecule has 2 nitrogen and oxygen atoms in total. The fourth-order valence-electron chi connectivity index (χ4n) is 4.13. The summed E-state index contributed by atoms with van der Waals surface area (Å²) in [7, 11) is 0. The van der Waals surface area contributed by atoms with Crippen molar-refractivity contribution in [1.82, 2.24) is 0 Å². The molecule has 0 radical (unpaired) electrons. The molecule has 0 heterocycles. The van der Waals surface area contributed by atoms with E-state index in [9.17, 15) is 0 Å². The lowest BCUT2D eigenvalue weighted by molar-refractivity contribution is 1.15. The van der Waals surface area contributed by atoms with Crippen molar-refractivity contribution in [2.24, 2.45) is 5.73 Å². The first-order valence-corrected chi connectivity index (χ1v) is 14.7. The Balaban J connectivity index is 0.000000181. The molecule has 0 aliphatic rings. The summed E-state index contributed by atoms with van der Waals surface area (Å²) in [6.07, 6.45) is 0. The Hall–Kier alpha value is -3.31. The highest BCUT2D eigenvalue weighted by atomic mass is 32.2. The first-order chi connectivity index (χ1) is 18.8. The molecule has 0 spiro atoms. The molecule has 5 rings (SSSR count). The van der Waals surface area contributed by atoms with Gasteiger partial charge in [-0.2, -0.15) is 23.2 Å². The topological polar surface area (TPSA) is 52.0 Å². The van der Waals surface area contributed by atoms with Crippen molar-refractivity contribution in [3.63, 3.8) is 0 Å². The Labute approximate surface area is 236 Å². The molecule has 0 aliphatic heterocycles. The normalized spacial score (nSPS) is 10.2. The van der Waals surface area contributed by atoms with Crippen molar-refractivity contribution in [2.75, 3.05) is 18.0 Å². The number of hydrogen-bond acceptors (Lipinski definition) is 4. The molecule has 0 bridgehead atoms. The molecule has 0 unspecified atom stereocenters. The highest BCUT2D eigenvalue weighted by Gasteiger charge is 2.21. The Morgan fingerprint density at radius 2 is 0.842 bits per heavy atom. The molecule has 188 valence electrons. The molecule has 0 saturated carbocycles. The van der Waals surface area contributed by atoms with Gasteiger partial charge in [-0.05, 0) is 17.9 Å². The van der Waals surface area contributed by atoms with E-state index in [-0.39, 0.29) is 5.99 Å². The van der Waals surface area contributed by atoms with Gasteiger partial charge in [0.15, 0.2) is 0 Å². The summed E-state index contributed by atoms with van der Waals surface area (Å²) in [4.78, 5) is 1.12. The highest BCUT2D eigenvalue weighted by Crippen LogP contribution is 2.26. The SMILES string of the molecule is NCCSB(c1ccccc1)c1ccccc1.Nc1ccccc1SB(c1ccccc1)c1ccccc1. The smallest absolute Gasteiger partial charge is 0.280 e. The van der Waals surface area contributed by atoms with Gasteiger partial charge in [0.1, 0.15) is 0 Å². The van der Waals surface area contributed by atoms with Gasteiger partial charge >= 0.3 is 0 Å². The van der Waals surface area contributed by atoms with Crippen molar-refractivity contribution in [2.45, 2.75) is 4.90 Å². The molecule has 0 saturated heterocycles. The highest BCUT2D eigenvalue weighted by molar-refractivity contribution is 8.28. The second kappa shape index (κ2) is 15.2. The fourth-order valence-corrected chi connectivity index (χ4v) is 6.40. The summed E-state index contributed by atoms with van der Waals surface area (Å²) in [5.74, 6) is 1.62. The zero-order valence-corrected chi connectivity index (χ0v) is 23.0. The summed E-state index contributed by atoms with van der Waals surface area (Å²) >= 11 is 3.70. The number of rotatable bonds is 9. The number of nitrogen functional groups attached to an aromatic ring is 1. The van der Waals surface area contributed by atoms with E-state index in [1.165, 1.54) is 21.9 Å². The summed E-state index contributed by atoms with van der Waals surface area (Å²) in [6.45, 7) is 0.723. The maximum atomic E-state index is 6.10. The number of anilines is 1. The number of benzene rings is 5. The minimum Gasteiger partial charge on any atom is -0.398 e. The standard InChI is InChI=1S/C18H16BNS.C14H16BNS/c20-17-13-7-8-14-18(17)21-19(15-9-3-1-4-10-15)16-11-5-2-6-12-16;16-11-12-17-15(13-7-3-1-4-8-13)14-9-5-2-6-10-14/h1-14H,20H2;1-10H,11-12,16H2. The van der Waals surface area contributed by atoms with E-state index in [1.807, 2.05) is 41.9 Å². The third-order valence-electron chi connectivity index (χ3n) is 5.98. The molecule has 0 fully saturated rings. The molecular formula is C32H32B2N2S2. The fraction of sp³-hybridized carbons (Fsp3) is 0.0625. The minimum atomic E-state index is 0.247. The van der Waals surface area contributed by atoms with Gasteiger partial charge in [0, 0.05) is 17.1 Å². The average Bonchev–Trinajstić information content (AvgIpc) is 2.99. The Kier molecular flexibility index (Phi) is 11.1. The van der Waals surface area contributed by atoms with Crippen LogP contribution in [0.4, 0.5) is 5.69 Å². The van der Waals surface area contributed by atoms with Crippen LogP contribution < -0.4 is 33.3 Å². The summed E-state index contributed by atoms with van der Waals surface area (Å²) < 4.78 is 0. The minimum absolute atomic E-state index is 0.247. The van der Waals surface area contributed by atoms with E-state index < -0.39 is 0 Å². The van der Waals surface area contributed by atoms with Crippen LogP contribution in [0.1, 0.15) is 0 Å². The Bertz CT molecular complexity index is 1260. The lowest BCUT2D eigenvalue weighted by Crippen LogP contribution is -2.40. The van der Waals surface area contributed by atoms with Gasteiger partial charge in [0.25, 0.3) is 12.0 Å². The van der Waals surface area contributed by atoms with Crippen molar-refractivity contribution in [3.05, 3.63) is 146 Å². The third-order valence-corrected chi connectivity index (χ3v) is 8.73. The lowest BCUT2D eigenvalue weighted by atomic mass is 9.62. The number of nitrogens with two attached hydrogens (primary N) is 2. The molecular weight excluding hydrogens is 498 g/mol. The zero-order chi connectivity index (χ0) is 26.4. The van der Waals surface area contributed by atoms with Crippen LogP contribution in [0.25, 0.3) is 0 Å². The number of para-hydroxylation sites is 1. The van der Waals surface area contributed by atoms with E-state index in [2.05, 4.69) is 115 Å². The first-order valence-electron chi connectivity index (χ1n) is 12.8. The van der Waals surface area contributed by atoms with Crippen molar-refractivity contribution in [1.29, 1.82) is 0 Å². The lowest BCUT2D eigenvalue weighted by Gasteiger charge is -2.15. The van der Waals surface area contributed by atoms with Gasteiger partial charge in [0.05, 0.1) is 0 Å². The molecule has 6 heteroatoms. The monoisotopic (exact) mass is 530 g/mol. The number of hydrogen-bond donors (Lipinski definition) is 2. The van der Waals surface area contributed by atoms with Gasteiger partial charge in [-0.1, -0.05) is 155 Å². The Morgan fingerprint density at radius 1 is 0.474 bits per heavy atom. The molecule has 4 N–H and O–H groups in total. The Morgan fingerprint density at radius 3 is 1.24 bits per heavy atom. The first kappa shape index (κ1) is 27.7. The molecule has 38 heavy (non-hydrogen) atoms. The third kappa shape index (κ3) is 8.09. The maximum Gasteiger partial charge on any atom is 0.280 e. The second-order valence-electron chi connectivity index (χ2n) is 8.72. The summed E-state index contributed by atoms with van der Waals surface area (Å²) in [5, 5.41) is 0. The van der Waals surface area contributed by atoms with E-state index in [0.29, 0.717) is 5.99 Å². The van der Waals surface area contributed by atoms with Gasteiger partial charge < -0.3 is 11.5 Å². The van der Waals surface area contributed by atoms with Gasteiger partial charge in [-0.25, -0.2) is 0 Å². The molecule has 0 amide bonds. The predicted octanol–water partition coefficient (Wildman–Crippen LogP) is 4.65. The molecule has 5 aromatic rings. The van der Waals surface area contributed by atoms with Crippen LogP contribution in [-0.4, -0.2) is 24.3 Å². The van der Waals surface area contributed by atoms with Crippen molar-refractivity contribution >= 4 is 62.7 Å². The van der Waals surface area contributed by atoms with Gasteiger partial charge in [-0.3, -0.25) is 0 Å². The van der Waals surface area contributed by atoms with Crippen LogP contribution in [0, 0.1) is 0 Å².